The lowest BCUT2D eigenvalue weighted by Gasteiger charge is -2.09. The van der Waals surface area contributed by atoms with E-state index >= 15 is 0 Å². The molecule has 1 N–H and O–H groups in total. The first-order valence-electron chi connectivity index (χ1n) is 9.36. The van der Waals surface area contributed by atoms with Gasteiger partial charge in [0.25, 0.3) is 6.43 Å². The lowest BCUT2D eigenvalue weighted by Crippen LogP contribution is -2.20. The molecular weight excluding hydrogens is 388 g/mol. The van der Waals surface area contributed by atoms with Gasteiger partial charge in [0.05, 0.1) is 16.8 Å². The van der Waals surface area contributed by atoms with Gasteiger partial charge in [0.15, 0.2) is 5.65 Å². The molecule has 0 aliphatic carbocycles. The average molecular weight is 407 g/mol. The van der Waals surface area contributed by atoms with Crippen molar-refractivity contribution in [2.24, 2.45) is 0 Å². The Labute approximate surface area is 171 Å². The van der Waals surface area contributed by atoms with Crippen LogP contribution in [0.1, 0.15) is 23.2 Å². The minimum Gasteiger partial charge on any atom is -0.309 e. The molecule has 30 heavy (non-hydrogen) atoms. The molecule has 0 atom stereocenters. The van der Waals surface area contributed by atoms with Crippen molar-refractivity contribution in [1.29, 1.82) is 0 Å². The third-order valence-corrected chi connectivity index (χ3v) is 4.69. The summed E-state index contributed by atoms with van der Waals surface area (Å²) in [6, 6.07) is 14.0. The number of carbonyl (C=O) groups is 1. The molecule has 0 aliphatic heterocycles. The standard InChI is InChI=1S/C22H19F2N5O/c1-13-8-9-25-18(10-13)27-19(30)12-29-22-20(14(2)28-29)16(21(23)24)11-17(26-22)15-6-4-3-5-7-15/h3-11,21H,12H2,1-2H3,(H,25,27,30). The fourth-order valence-corrected chi connectivity index (χ4v) is 3.35. The SMILES string of the molecule is Cc1ccnc(NC(=O)Cn2nc(C)c3c(C(F)F)cc(-c4ccccc4)nc32)c1. The molecule has 3 heterocycles. The Morgan fingerprint density at radius 2 is 1.90 bits per heavy atom. The number of fused-ring (bicyclic) bond motifs is 1. The highest BCUT2D eigenvalue weighted by Crippen LogP contribution is 2.33. The van der Waals surface area contributed by atoms with Crippen LogP contribution in [0.2, 0.25) is 0 Å². The first-order valence-corrected chi connectivity index (χ1v) is 9.36. The molecule has 4 rings (SSSR count). The average Bonchev–Trinajstić information content (AvgIpc) is 3.03. The molecule has 0 aliphatic rings. The van der Waals surface area contributed by atoms with Crippen LogP contribution in [0.3, 0.4) is 0 Å². The second-order valence-corrected chi connectivity index (χ2v) is 6.97. The summed E-state index contributed by atoms with van der Waals surface area (Å²) >= 11 is 0. The van der Waals surface area contributed by atoms with Crippen molar-refractivity contribution in [1.82, 2.24) is 19.7 Å². The Hall–Kier alpha value is -3.68. The van der Waals surface area contributed by atoms with E-state index in [1.54, 1.807) is 31.3 Å². The molecule has 0 saturated heterocycles. The van der Waals surface area contributed by atoms with Crippen molar-refractivity contribution < 1.29 is 13.6 Å². The molecule has 6 nitrogen and oxygen atoms in total. The maximum Gasteiger partial charge on any atom is 0.264 e. The van der Waals surface area contributed by atoms with Gasteiger partial charge in [0.1, 0.15) is 12.4 Å². The topological polar surface area (TPSA) is 72.7 Å². The van der Waals surface area contributed by atoms with E-state index in [1.807, 2.05) is 31.2 Å². The van der Waals surface area contributed by atoms with Crippen LogP contribution in [0.15, 0.2) is 54.7 Å². The molecule has 4 aromatic rings. The Morgan fingerprint density at radius 1 is 1.13 bits per heavy atom. The summed E-state index contributed by atoms with van der Waals surface area (Å²) in [6.07, 6.45) is -1.10. The first kappa shape index (κ1) is 19.6. The highest BCUT2D eigenvalue weighted by atomic mass is 19.3. The number of amides is 1. The smallest absolute Gasteiger partial charge is 0.264 e. The summed E-state index contributed by atoms with van der Waals surface area (Å²) in [7, 11) is 0. The lowest BCUT2D eigenvalue weighted by atomic mass is 10.1. The van der Waals surface area contributed by atoms with Gasteiger partial charge < -0.3 is 5.32 Å². The number of hydrogen-bond acceptors (Lipinski definition) is 4. The molecule has 0 saturated carbocycles. The fraction of sp³-hybridized carbons (Fsp3) is 0.182. The van der Waals surface area contributed by atoms with Gasteiger partial charge in [0, 0.05) is 17.3 Å². The first-order chi connectivity index (χ1) is 14.4. The largest absolute Gasteiger partial charge is 0.309 e. The molecule has 0 unspecified atom stereocenters. The molecule has 1 aromatic carbocycles. The molecule has 8 heteroatoms. The van der Waals surface area contributed by atoms with Crippen LogP contribution in [0.4, 0.5) is 14.6 Å². The molecule has 0 spiro atoms. The van der Waals surface area contributed by atoms with E-state index in [4.69, 9.17) is 0 Å². The highest BCUT2D eigenvalue weighted by Gasteiger charge is 2.22. The number of aromatic nitrogens is 4. The van der Waals surface area contributed by atoms with E-state index < -0.39 is 6.43 Å². The van der Waals surface area contributed by atoms with Gasteiger partial charge >= 0.3 is 0 Å². The number of hydrogen-bond donors (Lipinski definition) is 1. The van der Waals surface area contributed by atoms with E-state index in [2.05, 4.69) is 20.4 Å². The molecular formula is C22H19F2N5O. The van der Waals surface area contributed by atoms with E-state index in [0.29, 0.717) is 22.8 Å². The molecule has 0 radical (unpaired) electrons. The minimum absolute atomic E-state index is 0.150. The Bertz CT molecular complexity index is 1220. The zero-order chi connectivity index (χ0) is 21.3. The van der Waals surface area contributed by atoms with Crippen molar-refractivity contribution in [2.45, 2.75) is 26.8 Å². The normalized spacial score (nSPS) is 11.2. The lowest BCUT2D eigenvalue weighted by molar-refractivity contribution is -0.116. The number of halogens is 2. The number of nitrogens with zero attached hydrogens (tertiary/aromatic N) is 4. The summed E-state index contributed by atoms with van der Waals surface area (Å²) in [6.45, 7) is 3.35. The quantitative estimate of drug-likeness (QED) is 0.521. The van der Waals surface area contributed by atoms with E-state index in [1.165, 1.54) is 10.7 Å². The molecule has 1 amide bonds. The van der Waals surface area contributed by atoms with Gasteiger partial charge in [-0.1, -0.05) is 30.3 Å². The third kappa shape index (κ3) is 3.89. The number of rotatable bonds is 5. The highest BCUT2D eigenvalue weighted by molar-refractivity contribution is 5.91. The summed E-state index contributed by atoms with van der Waals surface area (Å²) in [5, 5.41) is 7.28. The van der Waals surface area contributed by atoms with Crippen LogP contribution in [0.25, 0.3) is 22.3 Å². The van der Waals surface area contributed by atoms with Crippen LogP contribution < -0.4 is 5.32 Å². The Balaban J connectivity index is 1.75. The predicted octanol–water partition coefficient (Wildman–Crippen LogP) is 4.69. The number of alkyl halides is 2. The van der Waals surface area contributed by atoms with Gasteiger partial charge in [0.2, 0.25) is 5.91 Å². The van der Waals surface area contributed by atoms with E-state index in [-0.39, 0.29) is 29.0 Å². The van der Waals surface area contributed by atoms with Gasteiger partial charge in [-0.05, 0) is 37.6 Å². The number of carbonyl (C=O) groups excluding carboxylic acids is 1. The van der Waals surface area contributed by atoms with Crippen molar-refractivity contribution in [2.75, 3.05) is 5.32 Å². The Kier molecular flexibility index (Phi) is 5.22. The van der Waals surface area contributed by atoms with Crippen molar-refractivity contribution >= 4 is 22.8 Å². The zero-order valence-corrected chi connectivity index (χ0v) is 16.4. The predicted molar refractivity (Wildman–Crippen MR) is 110 cm³/mol. The maximum absolute atomic E-state index is 13.8. The van der Waals surface area contributed by atoms with Crippen LogP contribution in [-0.2, 0) is 11.3 Å². The number of pyridine rings is 2. The van der Waals surface area contributed by atoms with Crippen LogP contribution in [-0.4, -0.2) is 25.7 Å². The molecule has 0 fully saturated rings. The molecule has 152 valence electrons. The van der Waals surface area contributed by atoms with Gasteiger partial charge in [-0.25, -0.2) is 23.4 Å². The monoisotopic (exact) mass is 407 g/mol. The van der Waals surface area contributed by atoms with Gasteiger partial charge in [-0.2, -0.15) is 5.10 Å². The molecule has 3 aromatic heterocycles. The molecule has 0 bridgehead atoms. The van der Waals surface area contributed by atoms with Crippen LogP contribution in [0.5, 0.6) is 0 Å². The second-order valence-electron chi connectivity index (χ2n) is 6.97. The van der Waals surface area contributed by atoms with E-state index in [9.17, 15) is 13.6 Å². The number of benzene rings is 1. The second kappa shape index (κ2) is 7.98. The summed E-state index contributed by atoms with van der Waals surface area (Å²) in [5.74, 6) is 0.0439. The minimum atomic E-state index is -2.69. The summed E-state index contributed by atoms with van der Waals surface area (Å²) in [4.78, 5) is 21.2. The number of nitrogens with one attached hydrogen (secondary N) is 1. The summed E-state index contributed by atoms with van der Waals surface area (Å²) in [5.41, 5.74) is 2.56. The third-order valence-electron chi connectivity index (χ3n) is 4.69. The van der Waals surface area contributed by atoms with Crippen molar-refractivity contribution in [3.63, 3.8) is 0 Å². The van der Waals surface area contributed by atoms with Crippen LogP contribution in [0, 0.1) is 13.8 Å². The van der Waals surface area contributed by atoms with Gasteiger partial charge in [-0.15, -0.1) is 0 Å². The maximum atomic E-state index is 13.8. The summed E-state index contributed by atoms with van der Waals surface area (Å²) < 4.78 is 29.0. The Morgan fingerprint density at radius 3 is 2.60 bits per heavy atom. The van der Waals surface area contributed by atoms with Crippen LogP contribution >= 0.6 is 0 Å². The number of aryl methyl sites for hydroxylation is 2. The van der Waals surface area contributed by atoms with Crippen molar-refractivity contribution in [3.8, 4) is 11.3 Å². The fourth-order valence-electron chi connectivity index (χ4n) is 3.35. The van der Waals surface area contributed by atoms with Gasteiger partial charge in [-0.3, -0.25) is 4.79 Å². The van der Waals surface area contributed by atoms with Crippen molar-refractivity contribution in [3.05, 3.63) is 71.5 Å². The van der Waals surface area contributed by atoms with E-state index in [0.717, 1.165) is 5.56 Å². The number of anilines is 1. The zero-order valence-electron chi connectivity index (χ0n) is 16.4.